The molecular formula is C68H53N. The van der Waals surface area contributed by atoms with Gasteiger partial charge in [-0.1, -0.05) is 227 Å². The van der Waals surface area contributed by atoms with Crippen LogP contribution in [0.2, 0.25) is 0 Å². The van der Waals surface area contributed by atoms with Gasteiger partial charge in [-0.25, -0.2) is 0 Å². The van der Waals surface area contributed by atoms with Gasteiger partial charge < -0.3 is 4.90 Å². The Balaban J connectivity index is 0.972. The number of para-hydroxylation sites is 1. The molecule has 0 atom stereocenters. The Labute approximate surface area is 407 Å². The quantitative estimate of drug-likeness (QED) is 0.147. The van der Waals surface area contributed by atoms with Gasteiger partial charge in [0, 0.05) is 27.8 Å². The van der Waals surface area contributed by atoms with Crippen molar-refractivity contribution in [1.82, 2.24) is 0 Å². The number of benzene rings is 10. The molecule has 0 aliphatic heterocycles. The fourth-order valence-electron chi connectivity index (χ4n) is 12.7. The van der Waals surface area contributed by atoms with Gasteiger partial charge in [-0.15, -0.1) is 0 Å². The van der Waals surface area contributed by atoms with Gasteiger partial charge in [0.25, 0.3) is 0 Å². The minimum Gasteiger partial charge on any atom is -0.310 e. The monoisotopic (exact) mass is 883 g/mol. The average Bonchev–Trinajstić information content (AvgIpc) is 4.09. The molecule has 1 spiro atoms. The molecule has 0 heterocycles. The Morgan fingerprint density at radius 2 is 0.768 bits per heavy atom. The Morgan fingerprint density at radius 3 is 1.48 bits per heavy atom. The summed E-state index contributed by atoms with van der Waals surface area (Å²) in [6, 6.07) is 88.4. The minimum atomic E-state index is -0.120. The van der Waals surface area contributed by atoms with Crippen LogP contribution in [0.4, 0.5) is 17.1 Å². The Morgan fingerprint density at radius 1 is 0.304 bits per heavy atom. The molecule has 13 rings (SSSR count). The standard InChI is InChI=1S/C68H53N/c1-67(2)62-31-14-11-28-57(62)60-30-19-29-59(66(60)67)55-26-10-9-24-52(55)48-34-37-50(38-35-48)69(51-39-41-58-56-27-12-15-32-63(56)68(64(58)45-51)42-17-18-43-68)65-33-16-13-25-54(65)49-36-40-53(46-20-5-3-6-21-46)61(44-49)47-22-7-4-8-23-47/h3-16,19-41,44-45H,17-18,42-43H2,1-2H3. The molecule has 0 aromatic heterocycles. The molecular weight excluding hydrogens is 831 g/mol. The molecule has 1 saturated carbocycles. The van der Waals surface area contributed by atoms with Crippen molar-refractivity contribution >= 4 is 17.1 Å². The van der Waals surface area contributed by atoms with Crippen LogP contribution < -0.4 is 4.90 Å². The first-order valence-electron chi connectivity index (χ1n) is 24.8. The maximum atomic E-state index is 2.55. The van der Waals surface area contributed by atoms with Crippen molar-refractivity contribution in [3.63, 3.8) is 0 Å². The highest BCUT2D eigenvalue weighted by Crippen LogP contribution is 2.58. The third-order valence-electron chi connectivity index (χ3n) is 15.8. The van der Waals surface area contributed by atoms with Crippen LogP contribution in [0.15, 0.2) is 237 Å². The molecule has 10 aromatic carbocycles. The summed E-state index contributed by atoms with van der Waals surface area (Å²) in [5, 5.41) is 0. The fourth-order valence-corrected chi connectivity index (χ4v) is 12.7. The van der Waals surface area contributed by atoms with Crippen LogP contribution in [0.1, 0.15) is 61.8 Å². The Kier molecular flexibility index (Phi) is 9.77. The lowest BCUT2D eigenvalue weighted by atomic mass is 9.76. The smallest absolute Gasteiger partial charge is 0.0540 e. The lowest BCUT2D eigenvalue weighted by Gasteiger charge is -2.31. The largest absolute Gasteiger partial charge is 0.310 e. The first-order valence-corrected chi connectivity index (χ1v) is 24.8. The summed E-state index contributed by atoms with van der Waals surface area (Å²) in [4.78, 5) is 2.52. The van der Waals surface area contributed by atoms with Crippen molar-refractivity contribution in [1.29, 1.82) is 0 Å². The van der Waals surface area contributed by atoms with Crippen molar-refractivity contribution < 1.29 is 0 Å². The van der Waals surface area contributed by atoms with Gasteiger partial charge >= 0.3 is 0 Å². The van der Waals surface area contributed by atoms with E-state index in [-0.39, 0.29) is 10.8 Å². The van der Waals surface area contributed by atoms with E-state index in [4.69, 9.17) is 0 Å². The highest BCUT2D eigenvalue weighted by atomic mass is 15.1. The summed E-state index contributed by atoms with van der Waals surface area (Å²) in [5.74, 6) is 0. The van der Waals surface area contributed by atoms with E-state index >= 15 is 0 Å². The second-order valence-electron chi connectivity index (χ2n) is 19.9. The van der Waals surface area contributed by atoms with E-state index in [1.165, 1.54) is 132 Å². The molecule has 1 fully saturated rings. The van der Waals surface area contributed by atoms with Gasteiger partial charge in [-0.3, -0.25) is 0 Å². The third-order valence-corrected chi connectivity index (χ3v) is 15.8. The molecule has 0 saturated heterocycles. The number of rotatable bonds is 8. The molecule has 3 aliphatic rings. The van der Waals surface area contributed by atoms with Crippen LogP contribution in [-0.4, -0.2) is 0 Å². The van der Waals surface area contributed by atoms with Gasteiger partial charge in [0.1, 0.15) is 0 Å². The zero-order chi connectivity index (χ0) is 46.1. The van der Waals surface area contributed by atoms with Gasteiger partial charge in [0.2, 0.25) is 0 Å². The molecule has 0 unspecified atom stereocenters. The average molecular weight is 884 g/mol. The molecule has 10 aromatic rings. The SMILES string of the molecule is CC1(C)c2ccccc2-c2cccc(-c3ccccc3-c3ccc(N(c4ccc5c(c4)C4(CCCC4)c4ccccc4-5)c4ccccc4-c4ccc(-c5ccccc5)c(-c5ccccc5)c4)cc3)c21. The van der Waals surface area contributed by atoms with Crippen molar-refractivity contribution in [3.8, 4) is 77.9 Å². The van der Waals surface area contributed by atoms with E-state index in [2.05, 4.69) is 255 Å². The predicted molar refractivity (Wildman–Crippen MR) is 291 cm³/mol. The van der Waals surface area contributed by atoms with E-state index < -0.39 is 0 Å². The number of anilines is 3. The van der Waals surface area contributed by atoms with E-state index in [0.717, 1.165) is 11.4 Å². The van der Waals surface area contributed by atoms with Gasteiger partial charge in [-0.05, 0) is 144 Å². The maximum absolute atomic E-state index is 2.55. The van der Waals surface area contributed by atoms with E-state index in [1.807, 2.05) is 0 Å². The molecule has 69 heavy (non-hydrogen) atoms. The Hall–Kier alpha value is -8.00. The van der Waals surface area contributed by atoms with Crippen LogP contribution in [0, 0.1) is 0 Å². The third kappa shape index (κ3) is 6.59. The molecule has 0 amide bonds. The topological polar surface area (TPSA) is 3.24 Å². The summed E-state index contributed by atoms with van der Waals surface area (Å²) in [6.45, 7) is 4.77. The van der Waals surface area contributed by atoms with Crippen LogP contribution in [-0.2, 0) is 10.8 Å². The molecule has 0 bridgehead atoms. The summed E-state index contributed by atoms with van der Waals surface area (Å²) in [5.41, 5.74) is 26.9. The number of nitrogens with zero attached hydrogens (tertiary/aromatic N) is 1. The van der Waals surface area contributed by atoms with Crippen LogP contribution in [0.3, 0.4) is 0 Å². The summed E-state index contributed by atoms with van der Waals surface area (Å²) < 4.78 is 0. The van der Waals surface area contributed by atoms with E-state index in [1.54, 1.807) is 0 Å². The van der Waals surface area contributed by atoms with Gasteiger partial charge in [0.15, 0.2) is 0 Å². The predicted octanol–water partition coefficient (Wildman–Crippen LogP) is 18.6. The van der Waals surface area contributed by atoms with Gasteiger partial charge in [0.05, 0.1) is 5.69 Å². The lowest BCUT2D eigenvalue weighted by Crippen LogP contribution is -2.21. The van der Waals surface area contributed by atoms with Crippen molar-refractivity contribution in [3.05, 3.63) is 259 Å². The number of hydrogen-bond acceptors (Lipinski definition) is 1. The van der Waals surface area contributed by atoms with Gasteiger partial charge in [-0.2, -0.15) is 0 Å². The first kappa shape index (κ1) is 41.2. The molecule has 1 nitrogen and oxygen atoms in total. The molecule has 330 valence electrons. The zero-order valence-electron chi connectivity index (χ0n) is 39.3. The summed E-state index contributed by atoms with van der Waals surface area (Å²) >= 11 is 0. The minimum absolute atomic E-state index is 0.0477. The maximum Gasteiger partial charge on any atom is 0.0540 e. The van der Waals surface area contributed by atoms with Crippen molar-refractivity contribution in [2.75, 3.05) is 4.90 Å². The lowest BCUT2D eigenvalue weighted by molar-refractivity contribution is 0.550. The van der Waals surface area contributed by atoms with Crippen LogP contribution in [0.5, 0.6) is 0 Å². The second kappa shape index (κ2) is 16.4. The summed E-state index contributed by atoms with van der Waals surface area (Å²) in [6.07, 6.45) is 4.89. The van der Waals surface area contributed by atoms with Crippen molar-refractivity contribution in [2.45, 2.75) is 50.4 Å². The zero-order valence-corrected chi connectivity index (χ0v) is 39.3. The molecule has 0 radical (unpaired) electrons. The normalized spacial score (nSPS) is 14.5. The molecule has 1 heteroatoms. The first-order chi connectivity index (χ1) is 34.0. The van der Waals surface area contributed by atoms with Crippen LogP contribution in [0.25, 0.3) is 77.9 Å². The highest BCUT2D eigenvalue weighted by molar-refractivity contribution is 5.96. The molecule has 3 aliphatic carbocycles. The number of hydrogen-bond donors (Lipinski definition) is 0. The Bertz CT molecular complexity index is 3570. The van der Waals surface area contributed by atoms with E-state index in [0.29, 0.717) is 0 Å². The van der Waals surface area contributed by atoms with E-state index in [9.17, 15) is 0 Å². The second-order valence-corrected chi connectivity index (χ2v) is 19.9. The highest BCUT2D eigenvalue weighted by Gasteiger charge is 2.45. The molecule has 0 N–H and O–H groups in total. The van der Waals surface area contributed by atoms with Crippen LogP contribution >= 0.6 is 0 Å². The summed E-state index contributed by atoms with van der Waals surface area (Å²) in [7, 11) is 0. The number of fused-ring (bicyclic) bond motifs is 8. The fraction of sp³-hybridized carbons (Fsp3) is 0.118. The van der Waals surface area contributed by atoms with Crippen molar-refractivity contribution in [2.24, 2.45) is 0 Å².